The van der Waals surface area contributed by atoms with Gasteiger partial charge in [0, 0.05) is 0 Å². The number of nitrogens with zero attached hydrogens (tertiary/aromatic N) is 1. The van der Waals surface area contributed by atoms with Crippen molar-refractivity contribution in [3.63, 3.8) is 0 Å². The highest BCUT2D eigenvalue weighted by Gasteiger charge is 2.13. The Hall–Kier alpha value is -1.77. The van der Waals surface area contributed by atoms with Crippen LogP contribution in [0.1, 0.15) is 12.5 Å². The van der Waals surface area contributed by atoms with E-state index in [2.05, 4.69) is 9.93 Å². The minimum Gasteiger partial charge on any atom is -0.503 e. The van der Waals surface area contributed by atoms with Crippen LogP contribution in [0.25, 0.3) is 0 Å². The van der Waals surface area contributed by atoms with Crippen molar-refractivity contribution >= 4 is 39.2 Å². The average molecular weight is 361 g/mol. The van der Waals surface area contributed by atoms with E-state index in [0.717, 1.165) is 11.3 Å². The zero-order valence-electron chi connectivity index (χ0n) is 11.5. The lowest BCUT2D eigenvalue weighted by molar-refractivity contribution is 0.318. The molecule has 0 aliphatic heterocycles. The number of thiophene rings is 1. The molecule has 1 aromatic heterocycles. The van der Waals surface area contributed by atoms with E-state index in [4.69, 9.17) is 16.3 Å². The molecule has 0 radical (unpaired) electrons. The first-order valence-corrected chi connectivity index (χ1v) is 8.92. The number of halogens is 1. The molecule has 2 rings (SSSR count). The Morgan fingerprint density at radius 1 is 1.50 bits per heavy atom. The zero-order valence-corrected chi connectivity index (χ0v) is 13.9. The van der Waals surface area contributed by atoms with E-state index in [1.54, 1.807) is 18.4 Å². The van der Waals surface area contributed by atoms with Gasteiger partial charge in [-0.3, -0.25) is 0 Å². The summed E-state index contributed by atoms with van der Waals surface area (Å²) in [5.41, 5.74) is 0.486. The number of sulfonamides is 1. The molecule has 0 fully saturated rings. The van der Waals surface area contributed by atoms with E-state index in [1.165, 1.54) is 24.4 Å². The fourth-order valence-corrected chi connectivity index (χ4v) is 3.56. The molecule has 9 heteroatoms. The van der Waals surface area contributed by atoms with Crippen molar-refractivity contribution in [2.24, 2.45) is 5.10 Å². The van der Waals surface area contributed by atoms with Crippen LogP contribution in [0.2, 0.25) is 5.02 Å². The number of benzene rings is 1. The summed E-state index contributed by atoms with van der Waals surface area (Å²) in [6.07, 6.45) is 1.28. The predicted molar refractivity (Wildman–Crippen MR) is 86.5 cm³/mol. The van der Waals surface area contributed by atoms with Crippen LogP contribution in [0.15, 0.2) is 39.0 Å². The van der Waals surface area contributed by atoms with Gasteiger partial charge < -0.3 is 9.84 Å². The topological polar surface area (TPSA) is 88.0 Å². The Kier molecular flexibility index (Phi) is 5.28. The van der Waals surface area contributed by atoms with Gasteiger partial charge in [0.15, 0.2) is 11.5 Å². The van der Waals surface area contributed by atoms with Crippen molar-refractivity contribution in [3.05, 3.63) is 40.2 Å². The number of ether oxygens (including phenoxy) is 1. The smallest absolute Gasteiger partial charge is 0.286 e. The van der Waals surface area contributed by atoms with E-state index >= 15 is 0 Å². The van der Waals surface area contributed by atoms with Gasteiger partial charge in [0.25, 0.3) is 10.0 Å². The van der Waals surface area contributed by atoms with Crippen LogP contribution in [0, 0.1) is 0 Å². The molecular weight excluding hydrogens is 348 g/mol. The summed E-state index contributed by atoms with van der Waals surface area (Å²) in [5.74, 6) is 0.0393. The van der Waals surface area contributed by atoms with Crippen LogP contribution in [0.4, 0.5) is 0 Å². The molecule has 0 bridgehead atoms. The van der Waals surface area contributed by atoms with Gasteiger partial charge in [0.1, 0.15) is 4.21 Å². The number of hydrogen-bond donors (Lipinski definition) is 2. The van der Waals surface area contributed by atoms with Crippen LogP contribution >= 0.6 is 22.9 Å². The van der Waals surface area contributed by atoms with Crippen molar-refractivity contribution in [1.29, 1.82) is 0 Å². The Morgan fingerprint density at radius 3 is 2.91 bits per heavy atom. The molecule has 0 aliphatic rings. The Morgan fingerprint density at radius 2 is 2.27 bits per heavy atom. The predicted octanol–water partition coefficient (Wildman–Crippen LogP) is 2.82. The molecule has 0 amide bonds. The van der Waals surface area contributed by atoms with Gasteiger partial charge in [-0.05, 0) is 36.1 Å². The summed E-state index contributed by atoms with van der Waals surface area (Å²) < 4.78 is 29.1. The Balaban J connectivity index is 2.17. The lowest BCUT2D eigenvalue weighted by Gasteiger charge is -2.08. The van der Waals surface area contributed by atoms with Gasteiger partial charge in [-0.2, -0.15) is 18.4 Å². The number of phenols is 1. The van der Waals surface area contributed by atoms with Crippen LogP contribution in [-0.4, -0.2) is 26.3 Å². The third-order valence-electron chi connectivity index (χ3n) is 2.50. The summed E-state index contributed by atoms with van der Waals surface area (Å²) in [4.78, 5) is 2.10. The van der Waals surface area contributed by atoms with Crippen molar-refractivity contribution < 1.29 is 18.3 Å². The van der Waals surface area contributed by atoms with Crippen molar-refractivity contribution in [3.8, 4) is 11.5 Å². The summed E-state index contributed by atoms with van der Waals surface area (Å²) in [7, 11) is -3.67. The monoisotopic (exact) mass is 360 g/mol. The Labute approximate surface area is 137 Å². The highest BCUT2D eigenvalue weighted by atomic mass is 35.5. The largest absolute Gasteiger partial charge is 0.503 e. The SMILES string of the molecule is CCOc1cc(/C=N/NS(=O)(=O)c2cccs2)cc(Cl)c1O. The molecule has 22 heavy (non-hydrogen) atoms. The molecule has 6 nitrogen and oxygen atoms in total. The molecule has 0 unspecified atom stereocenters. The summed E-state index contributed by atoms with van der Waals surface area (Å²) in [5, 5.41) is 15.2. The van der Waals surface area contributed by atoms with E-state index < -0.39 is 10.0 Å². The lowest BCUT2D eigenvalue weighted by Crippen LogP contribution is -2.17. The average Bonchev–Trinajstić information content (AvgIpc) is 2.99. The maximum atomic E-state index is 11.9. The quantitative estimate of drug-likeness (QED) is 0.612. The highest BCUT2D eigenvalue weighted by Crippen LogP contribution is 2.34. The number of rotatable bonds is 6. The number of hydrogen-bond acceptors (Lipinski definition) is 6. The number of phenolic OH excluding ortho intramolecular Hbond substituents is 1. The summed E-state index contributed by atoms with van der Waals surface area (Å²) in [6.45, 7) is 2.12. The standard InChI is InChI=1S/C13H13ClN2O4S2/c1-2-20-11-7-9(6-10(14)13(11)17)8-15-16-22(18,19)12-4-3-5-21-12/h3-8,16-17H,2H2,1H3/b15-8+. The van der Waals surface area contributed by atoms with E-state index in [0.29, 0.717) is 12.2 Å². The first kappa shape index (κ1) is 16.6. The number of nitrogens with one attached hydrogen (secondary N) is 1. The fraction of sp³-hybridized carbons (Fsp3) is 0.154. The van der Waals surface area contributed by atoms with E-state index in [1.807, 2.05) is 0 Å². The molecule has 0 atom stereocenters. The minimum absolute atomic E-state index is 0.0912. The molecule has 0 spiro atoms. The van der Waals surface area contributed by atoms with Crippen LogP contribution < -0.4 is 9.57 Å². The first-order chi connectivity index (χ1) is 10.4. The molecule has 0 saturated carbocycles. The van der Waals surface area contributed by atoms with Crippen molar-refractivity contribution in [2.45, 2.75) is 11.1 Å². The molecule has 1 aromatic carbocycles. The zero-order chi connectivity index (χ0) is 16.2. The molecule has 2 N–H and O–H groups in total. The van der Waals surface area contributed by atoms with Gasteiger partial charge in [-0.1, -0.05) is 17.7 Å². The second-order valence-corrected chi connectivity index (χ2v) is 7.31. The highest BCUT2D eigenvalue weighted by molar-refractivity contribution is 7.91. The maximum Gasteiger partial charge on any atom is 0.286 e. The Bertz CT molecular complexity index is 774. The molecular formula is C13H13ClN2O4S2. The third kappa shape index (κ3) is 3.90. The minimum atomic E-state index is -3.67. The van der Waals surface area contributed by atoms with Crippen molar-refractivity contribution in [2.75, 3.05) is 6.61 Å². The van der Waals surface area contributed by atoms with Crippen LogP contribution in [0.5, 0.6) is 11.5 Å². The van der Waals surface area contributed by atoms with Gasteiger partial charge in [0.2, 0.25) is 0 Å². The van der Waals surface area contributed by atoms with E-state index in [-0.39, 0.29) is 20.7 Å². The van der Waals surface area contributed by atoms with Gasteiger partial charge >= 0.3 is 0 Å². The van der Waals surface area contributed by atoms with Crippen LogP contribution in [0.3, 0.4) is 0 Å². The van der Waals surface area contributed by atoms with Gasteiger partial charge in [0.05, 0.1) is 17.8 Å². The maximum absolute atomic E-state index is 11.9. The van der Waals surface area contributed by atoms with Gasteiger partial charge in [-0.15, -0.1) is 11.3 Å². The molecule has 0 saturated heterocycles. The molecule has 2 aromatic rings. The van der Waals surface area contributed by atoms with Crippen molar-refractivity contribution in [1.82, 2.24) is 4.83 Å². The second-order valence-electron chi connectivity index (χ2n) is 4.07. The normalized spacial score (nSPS) is 11.7. The second kappa shape index (κ2) is 6.99. The lowest BCUT2D eigenvalue weighted by atomic mass is 10.2. The molecule has 118 valence electrons. The first-order valence-electron chi connectivity index (χ1n) is 6.17. The number of hydrazone groups is 1. The molecule has 0 aliphatic carbocycles. The van der Waals surface area contributed by atoms with Crippen LogP contribution in [-0.2, 0) is 10.0 Å². The van der Waals surface area contributed by atoms with Gasteiger partial charge in [-0.25, -0.2) is 0 Å². The number of aromatic hydroxyl groups is 1. The fourth-order valence-electron chi connectivity index (χ4n) is 1.57. The van der Waals surface area contributed by atoms with E-state index in [9.17, 15) is 13.5 Å². The third-order valence-corrected chi connectivity index (χ3v) is 5.41. The molecule has 1 heterocycles. The summed E-state index contributed by atoms with van der Waals surface area (Å²) >= 11 is 6.97. The summed E-state index contributed by atoms with van der Waals surface area (Å²) in [6, 6.07) is 6.07.